The van der Waals surface area contributed by atoms with Crippen molar-refractivity contribution in [2.45, 2.75) is 13.1 Å². The third-order valence-corrected chi connectivity index (χ3v) is 5.48. The molecule has 3 nitrogen and oxygen atoms in total. The summed E-state index contributed by atoms with van der Waals surface area (Å²) in [5.74, 6) is 0. The minimum Gasteiger partial charge on any atom is -0.333 e. The number of alkyl halides is 3. The highest BCUT2D eigenvalue weighted by Gasteiger charge is 2.33. The summed E-state index contributed by atoms with van der Waals surface area (Å²) in [4.78, 5) is 13.9. The smallest absolute Gasteiger partial charge is 0.333 e. The topological polar surface area (TPSA) is 32.3 Å². The molecule has 0 fully saturated rings. The van der Waals surface area contributed by atoms with Gasteiger partial charge in [-0.1, -0.05) is 54.1 Å². The van der Waals surface area contributed by atoms with E-state index < -0.39 is 17.8 Å². The molecule has 0 radical (unpaired) electrons. The van der Waals surface area contributed by atoms with Gasteiger partial charge in [0.15, 0.2) is 0 Å². The summed E-state index contributed by atoms with van der Waals surface area (Å²) in [6.07, 6.45) is -4.50. The first-order chi connectivity index (χ1) is 14.8. The number of urea groups is 1. The van der Waals surface area contributed by atoms with Crippen LogP contribution in [-0.4, -0.2) is 12.6 Å². The van der Waals surface area contributed by atoms with E-state index in [2.05, 4.69) is 5.32 Å². The first kappa shape index (κ1) is 21.0. The normalized spacial score (nSPS) is 14.6. The van der Waals surface area contributed by atoms with E-state index >= 15 is 0 Å². The minimum absolute atomic E-state index is 0.158. The zero-order chi connectivity index (χ0) is 22.2. The molecule has 1 aliphatic rings. The van der Waals surface area contributed by atoms with Gasteiger partial charge < -0.3 is 5.32 Å². The van der Waals surface area contributed by atoms with Crippen LogP contribution in [-0.2, 0) is 6.18 Å². The van der Waals surface area contributed by atoms with Crippen molar-refractivity contribution in [1.29, 1.82) is 0 Å². The summed E-state index contributed by atoms with van der Waals surface area (Å²) >= 11 is 6.02. The van der Waals surface area contributed by atoms with E-state index in [1.165, 1.54) is 17.0 Å². The Balaban J connectivity index is 1.83. The Kier molecular flexibility index (Phi) is 5.50. The van der Waals surface area contributed by atoms with Crippen LogP contribution < -0.4 is 10.2 Å². The largest absolute Gasteiger partial charge is 0.416 e. The number of carbonyl (C=O) groups is 1. The molecule has 31 heavy (non-hydrogen) atoms. The molecule has 158 valence electrons. The van der Waals surface area contributed by atoms with Crippen LogP contribution in [0, 0.1) is 0 Å². The van der Waals surface area contributed by atoms with Crippen LogP contribution in [0.5, 0.6) is 0 Å². The van der Waals surface area contributed by atoms with Gasteiger partial charge in [-0.2, -0.15) is 13.2 Å². The standard InChI is InChI=1S/C24H18ClF3N2O/c1-15-22(21-8-3-2-7-20(21)16-9-11-18(25)12-10-16)14-29-23(31)30(15)19-6-4-5-17(13-19)24(26,27)28/h2-13H,14H2,1H3,(H,29,31). The summed E-state index contributed by atoms with van der Waals surface area (Å²) in [5.41, 5.74) is 3.52. The molecule has 1 aliphatic heterocycles. The maximum absolute atomic E-state index is 13.2. The van der Waals surface area contributed by atoms with Gasteiger partial charge in [0.2, 0.25) is 0 Å². The number of amides is 2. The molecular weight excluding hydrogens is 425 g/mol. The molecule has 0 saturated carbocycles. The van der Waals surface area contributed by atoms with E-state index in [9.17, 15) is 18.0 Å². The monoisotopic (exact) mass is 442 g/mol. The molecule has 0 bridgehead atoms. The van der Waals surface area contributed by atoms with E-state index in [4.69, 9.17) is 11.6 Å². The lowest BCUT2D eigenvalue weighted by Gasteiger charge is -2.32. The fraction of sp³-hybridized carbons (Fsp3) is 0.125. The lowest BCUT2D eigenvalue weighted by molar-refractivity contribution is -0.137. The number of allylic oxidation sites excluding steroid dienone is 1. The summed E-state index contributed by atoms with van der Waals surface area (Å²) in [6.45, 7) is 2.01. The lowest BCUT2D eigenvalue weighted by atomic mass is 9.92. The van der Waals surface area contributed by atoms with Crippen molar-refractivity contribution in [2.75, 3.05) is 11.4 Å². The molecule has 1 N–H and O–H groups in total. The molecule has 0 saturated heterocycles. The van der Waals surface area contributed by atoms with E-state index in [1.54, 1.807) is 19.1 Å². The van der Waals surface area contributed by atoms with Gasteiger partial charge in [-0.25, -0.2) is 4.79 Å². The van der Waals surface area contributed by atoms with Crippen molar-refractivity contribution in [3.05, 3.63) is 94.6 Å². The predicted molar refractivity (Wildman–Crippen MR) is 117 cm³/mol. The number of hydrogen-bond donors (Lipinski definition) is 1. The van der Waals surface area contributed by atoms with Gasteiger partial charge in [0, 0.05) is 17.3 Å². The molecule has 0 unspecified atom stereocenters. The van der Waals surface area contributed by atoms with Gasteiger partial charge in [0.05, 0.1) is 11.3 Å². The molecule has 2 amide bonds. The van der Waals surface area contributed by atoms with Crippen molar-refractivity contribution in [2.24, 2.45) is 0 Å². The van der Waals surface area contributed by atoms with Crippen LogP contribution in [0.3, 0.4) is 0 Å². The maximum atomic E-state index is 13.2. The Morgan fingerprint density at radius 3 is 2.29 bits per heavy atom. The van der Waals surface area contributed by atoms with Crippen LogP contribution in [0.2, 0.25) is 5.02 Å². The van der Waals surface area contributed by atoms with Gasteiger partial charge in [0.1, 0.15) is 0 Å². The number of rotatable bonds is 3. The second kappa shape index (κ2) is 8.12. The number of benzene rings is 3. The van der Waals surface area contributed by atoms with E-state index in [-0.39, 0.29) is 12.2 Å². The van der Waals surface area contributed by atoms with E-state index in [0.29, 0.717) is 10.7 Å². The SMILES string of the molecule is CC1=C(c2ccccc2-c2ccc(Cl)cc2)CNC(=O)N1c1cccc(C(F)(F)F)c1. The Morgan fingerprint density at radius 2 is 1.61 bits per heavy atom. The summed E-state index contributed by atoms with van der Waals surface area (Å²) < 4.78 is 39.6. The highest BCUT2D eigenvalue weighted by atomic mass is 35.5. The van der Waals surface area contributed by atoms with Crippen LogP contribution in [0.25, 0.3) is 16.7 Å². The fourth-order valence-electron chi connectivity index (χ4n) is 3.71. The zero-order valence-corrected chi connectivity index (χ0v) is 17.3. The van der Waals surface area contributed by atoms with Gasteiger partial charge in [-0.3, -0.25) is 4.90 Å². The highest BCUT2D eigenvalue weighted by Crippen LogP contribution is 2.37. The second-order valence-corrected chi connectivity index (χ2v) is 7.60. The molecule has 0 aliphatic carbocycles. The average molecular weight is 443 g/mol. The summed E-state index contributed by atoms with van der Waals surface area (Å²) in [7, 11) is 0. The molecule has 3 aromatic rings. The number of hydrogen-bond acceptors (Lipinski definition) is 1. The Morgan fingerprint density at radius 1 is 0.935 bits per heavy atom. The fourth-order valence-corrected chi connectivity index (χ4v) is 3.83. The van der Waals surface area contributed by atoms with Crippen molar-refractivity contribution >= 4 is 28.9 Å². The lowest BCUT2D eigenvalue weighted by Crippen LogP contribution is -2.44. The first-order valence-electron chi connectivity index (χ1n) is 9.56. The Hall–Kier alpha value is -3.25. The molecular formula is C24H18ClF3N2O. The van der Waals surface area contributed by atoms with Crippen LogP contribution >= 0.6 is 11.6 Å². The van der Waals surface area contributed by atoms with Gasteiger partial charge in [0.25, 0.3) is 0 Å². The van der Waals surface area contributed by atoms with Crippen molar-refractivity contribution in [3.63, 3.8) is 0 Å². The van der Waals surface area contributed by atoms with Gasteiger partial charge >= 0.3 is 12.2 Å². The molecule has 7 heteroatoms. The Labute approximate surface area is 182 Å². The average Bonchev–Trinajstić information content (AvgIpc) is 2.74. The summed E-state index contributed by atoms with van der Waals surface area (Å²) in [6, 6.07) is 19.4. The molecule has 3 aromatic carbocycles. The number of carbonyl (C=O) groups excluding carboxylic acids is 1. The van der Waals surface area contributed by atoms with Crippen LogP contribution in [0.1, 0.15) is 18.1 Å². The molecule has 4 rings (SSSR count). The molecule has 0 spiro atoms. The van der Waals surface area contributed by atoms with Gasteiger partial charge in [-0.15, -0.1) is 0 Å². The molecule has 0 atom stereocenters. The molecule has 1 heterocycles. The van der Waals surface area contributed by atoms with E-state index in [0.717, 1.165) is 34.4 Å². The highest BCUT2D eigenvalue weighted by molar-refractivity contribution is 6.30. The predicted octanol–water partition coefficient (Wildman–Crippen LogP) is 6.99. The third-order valence-electron chi connectivity index (χ3n) is 5.23. The van der Waals surface area contributed by atoms with E-state index in [1.807, 2.05) is 36.4 Å². The van der Waals surface area contributed by atoms with Crippen molar-refractivity contribution in [3.8, 4) is 11.1 Å². The minimum atomic E-state index is -4.50. The van der Waals surface area contributed by atoms with Gasteiger partial charge in [-0.05, 0) is 59.5 Å². The molecule has 0 aromatic heterocycles. The van der Waals surface area contributed by atoms with Crippen LogP contribution in [0.15, 0.2) is 78.5 Å². The third kappa shape index (κ3) is 4.16. The van der Waals surface area contributed by atoms with Crippen molar-refractivity contribution in [1.82, 2.24) is 5.32 Å². The number of nitrogens with one attached hydrogen (secondary N) is 1. The number of halogens is 4. The maximum Gasteiger partial charge on any atom is 0.416 e. The van der Waals surface area contributed by atoms with Crippen LogP contribution in [0.4, 0.5) is 23.7 Å². The van der Waals surface area contributed by atoms with Crippen molar-refractivity contribution < 1.29 is 18.0 Å². The quantitative estimate of drug-likeness (QED) is 0.466. The summed E-state index contributed by atoms with van der Waals surface area (Å²) in [5, 5.41) is 3.40. The Bertz CT molecular complexity index is 1170. The number of nitrogens with zero attached hydrogens (tertiary/aromatic N) is 1. The number of anilines is 1. The first-order valence-corrected chi connectivity index (χ1v) is 9.94. The zero-order valence-electron chi connectivity index (χ0n) is 16.5. The second-order valence-electron chi connectivity index (χ2n) is 7.16.